The average Bonchev–Trinajstić information content (AvgIpc) is 3.26. The number of nitrogens with one attached hydrogen (secondary N) is 1. The smallest absolute Gasteiger partial charge is 0.410 e. The van der Waals surface area contributed by atoms with Crippen LogP contribution < -0.4 is 5.32 Å². The van der Waals surface area contributed by atoms with Gasteiger partial charge >= 0.3 is 6.09 Å². The van der Waals surface area contributed by atoms with Gasteiger partial charge in [-0.2, -0.15) is 0 Å². The Bertz CT molecular complexity index is 912. The molecule has 0 aromatic carbocycles. The standard InChI is InChI=1S/C23H34N4O2S/c1-6-14-7-12-17-18(14)19-20(24-13-25-21(19)30-17)26-15-8-10-16(11-9-15)27(5)22(28)29-23(2,3)4/h13-16H,6-12H2,1-5H3,(H,24,25,26)/t14-,15?,16?/m0/s1. The van der Waals surface area contributed by atoms with E-state index < -0.39 is 5.60 Å². The van der Waals surface area contributed by atoms with Gasteiger partial charge in [0.05, 0.1) is 5.39 Å². The Balaban J connectivity index is 1.43. The number of fused-ring (bicyclic) bond motifs is 3. The number of amides is 1. The summed E-state index contributed by atoms with van der Waals surface area (Å²) in [6.45, 7) is 8.01. The van der Waals surface area contributed by atoms with Gasteiger partial charge in [0.25, 0.3) is 0 Å². The van der Waals surface area contributed by atoms with Crippen molar-refractivity contribution in [1.82, 2.24) is 14.9 Å². The molecule has 0 radical (unpaired) electrons. The fraction of sp³-hybridized carbons (Fsp3) is 0.696. The average molecular weight is 431 g/mol. The van der Waals surface area contributed by atoms with E-state index in [2.05, 4.69) is 22.2 Å². The molecule has 1 N–H and O–H groups in total. The molecule has 4 rings (SSSR count). The van der Waals surface area contributed by atoms with Crippen molar-refractivity contribution in [3.05, 3.63) is 16.8 Å². The molecule has 2 heterocycles. The van der Waals surface area contributed by atoms with Crippen LogP contribution in [-0.2, 0) is 11.2 Å². The normalized spacial score (nSPS) is 24.0. The zero-order chi connectivity index (χ0) is 21.5. The molecule has 0 spiro atoms. The number of hydrogen-bond acceptors (Lipinski definition) is 6. The number of ether oxygens (including phenoxy) is 1. The first-order valence-electron chi connectivity index (χ1n) is 11.3. The van der Waals surface area contributed by atoms with Gasteiger partial charge in [-0.3, -0.25) is 0 Å². The van der Waals surface area contributed by atoms with Crippen molar-refractivity contribution in [3.8, 4) is 0 Å². The molecule has 2 aliphatic rings. The second-order valence-electron chi connectivity index (χ2n) is 9.73. The zero-order valence-corrected chi connectivity index (χ0v) is 19.6. The molecule has 2 aromatic rings. The minimum atomic E-state index is -0.459. The zero-order valence-electron chi connectivity index (χ0n) is 18.8. The summed E-state index contributed by atoms with van der Waals surface area (Å²) in [5, 5.41) is 4.99. The number of anilines is 1. The number of hydrogen-bond donors (Lipinski definition) is 1. The molecule has 0 aliphatic heterocycles. The van der Waals surface area contributed by atoms with Gasteiger partial charge < -0.3 is 15.0 Å². The van der Waals surface area contributed by atoms with Gasteiger partial charge in [-0.25, -0.2) is 14.8 Å². The fourth-order valence-electron chi connectivity index (χ4n) is 4.87. The van der Waals surface area contributed by atoms with E-state index in [1.165, 1.54) is 35.1 Å². The molecule has 1 atom stereocenters. The van der Waals surface area contributed by atoms with Crippen molar-refractivity contribution in [2.75, 3.05) is 12.4 Å². The third-order valence-electron chi connectivity index (χ3n) is 6.49. The SMILES string of the molecule is CC[C@H]1CCc2sc3ncnc(NC4CCC(N(C)C(=O)OC(C)(C)C)CC4)c3c21. The Hall–Kier alpha value is -1.89. The maximum atomic E-state index is 12.4. The first-order chi connectivity index (χ1) is 14.3. The molecule has 1 amide bonds. The van der Waals surface area contributed by atoms with Crippen LogP contribution in [0.3, 0.4) is 0 Å². The summed E-state index contributed by atoms with van der Waals surface area (Å²) >= 11 is 1.84. The number of carbonyl (C=O) groups excluding carboxylic acids is 1. The molecule has 30 heavy (non-hydrogen) atoms. The summed E-state index contributed by atoms with van der Waals surface area (Å²) in [7, 11) is 1.86. The number of carbonyl (C=O) groups is 1. The second-order valence-corrected chi connectivity index (χ2v) is 10.8. The Morgan fingerprint density at radius 2 is 1.97 bits per heavy atom. The summed E-state index contributed by atoms with van der Waals surface area (Å²) < 4.78 is 5.53. The summed E-state index contributed by atoms with van der Waals surface area (Å²) in [6, 6.07) is 0.613. The van der Waals surface area contributed by atoms with Crippen LogP contribution in [0.5, 0.6) is 0 Å². The highest BCUT2D eigenvalue weighted by Gasteiger charge is 2.31. The monoisotopic (exact) mass is 430 g/mol. The van der Waals surface area contributed by atoms with Crippen LogP contribution in [0, 0.1) is 0 Å². The van der Waals surface area contributed by atoms with Gasteiger partial charge in [0, 0.05) is 24.0 Å². The summed E-state index contributed by atoms with van der Waals surface area (Å²) in [6.07, 6.45) is 9.06. The molecule has 7 heteroatoms. The molecule has 6 nitrogen and oxygen atoms in total. The van der Waals surface area contributed by atoms with Crippen molar-refractivity contribution in [3.63, 3.8) is 0 Å². The van der Waals surface area contributed by atoms with Crippen molar-refractivity contribution < 1.29 is 9.53 Å². The topological polar surface area (TPSA) is 67.4 Å². The van der Waals surface area contributed by atoms with Crippen molar-refractivity contribution >= 4 is 33.5 Å². The van der Waals surface area contributed by atoms with Gasteiger partial charge in [0.2, 0.25) is 0 Å². The number of nitrogens with zero attached hydrogens (tertiary/aromatic N) is 3. The Morgan fingerprint density at radius 1 is 1.23 bits per heavy atom. The highest BCUT2D eigenvalue weighted by molar-refractivity contribution is 7.19. The Kier molecular flexibility index (Phi) is 5.93. The van der Waals surface area contributed by atoms with Gasteiger partial charge in [-0.05, 0) is 77.2 Å². The minimum absolute atomic E-state index is 0.226. The Morgan fingerprint density at radius 3 is 2.63 bits per heavy atom. The first-order valence-corrected chi connectivity index (χ1v) is 12.1. The van der Waals surface area contributed by atoms with E-state index in [1.807, 2.05) is 39.2 Å². The summed E-state index contributed by atoms with van der Waals surface area (Å²) in [5.74, 6) is 1.64. The number of aryl methyl sites for hydroxylation is 1. The second kappa shape index (κ2) is 8.33. The largest absolute Gasteiger partial charge is 0.444 e. The van der Waals surface area contributed by atoms with Gasteiger partial charge in [-0.15, -0.1) is 11.3 Å². The lowest BCUT2D eigenvalue weighted by Gasteiger charge is -2.36. The van der Waals surface area contributed by atoms with Crippen LogP contribution in [-0.4, -0.2) is 45.7 Å². The van der Waals surface area contributed by atoms with E-state index in [-0.39, 0.29) is 12.1 Å². The van der Waals surface area contributed by atoms with Crippen molar-refractivity contribution in [2.45, 2.75) is 96.2 Å². The molecule has 1 fully saturated rings. The molecular formula is C23H34N4O2S. The van der Waals surface area contributed by atoms with Gasteiger partial charge in [0.1, 0.15) is 22.6 Å². The lowest BCUT2D eigenvalue weighted by molar-refractivity contribution is 0.0185. The Labute approximate surface area is 183 Å². The molecule has 0 saturated heterocycles. The van der Waals surface area contributed by atoms with Gasteiger partial charge in [0.15, 0.2) is 0 Å². The molecular weight excluding hydrogens is 396 g/mol. The van der Waals surface area contributed by atoms with Crippen LogP contribution in [0.1, 0.15) is 82.6 Å². The van der Waals surface area contributed by atoms with E-state index in [1.54, 1.807) is 11.2 Å². The van der Waals surface area contributed by atoms with Crippen molar-refractivity contribution in [2.24, 2.45) is 0 Å². The molecule has 2 aromatic heterocycles. The van der Waals surface area contributed by atoms with E-state index in [4.69, 9.17) is 4.74 Å². The van der Waals surface area contributed by atoms with E-state index in [0.29, 0.717) is 12.0 Å². The van der Waals surface area contributed by atoms with E-state index >= 15 is 0 Å². The summed E-state index contributed by atoms with van der Waals surface area (Å²) in [4.78, 5) is 26.0. The maximum Gasteiger partial charge on any atom is 0.410 e. The highest BCUT2D eigenvalue weighted by Crippen LogP contribution is 2.46. The third-order valence-corrected chi connectivity index (χ3v) is 7.66. The van der Waals surface area contributed by atoms with Gasteiger partial charge in [-0.1, -0.05) is 6.92 Å². The van der Waals surface area contributed by atoms with Crippen LogP contribution in [0.2, 0.25) is 0 Å². The van der Waals surface area contributed by atoms with Crippen LogP contribution in [0.25, 0.3) is 10.2 Å². The molecule has 1 saturated carbocycles. The highest BCUT2D eigenvalue weighted by atomic mass is 32.1. The number of rotatable bonds is 4. The van der Waals surface area contributed by atoms with E-state index in [9.17, 15) is 4.79 Å². The minimum Gasteiger partial charge on any atom is -0.444 e. The molecule has 164 valence electrons. The lowest BCUT2D eigenvalue weighted by Crippen LogP contribution is -2.43. The third kappa shape index (κ3) is 4.27. The molecule has 0 unspecified atom stereocenters. The first kappa shape index (κ1) is 21.3. The number of aromatic nitrogens is 2. The fourth-order valence-corrected chi connectivity index (χ4v) is 6.11. The maximum absolute atomic E-state index is 12.4. The predicted molar refractivity (Wildman–Crippen MR) is 122 cm³/mol. The van der Waals surface area contributed by atoms with Crippen molar-refractivity contribution in [1.29, 1.82) is 0 Å². The molecule has 2 aliphatic carbocycles. The summed E-state index contributed by atoms with van der Waals surface area (Å²) in [5.41, 5.74) is 1.04. The van der Waals surface area contributed by atoms with Crippen LogP contribution in [0.15, 0.2) is 6.33 Å². The van der Waals surface area contributed by atoms with Crippen LogP contribution in [0.4, 0.5) is 10.6 Å². The van der Waals surface area contributed by atoms with E-state index in [0.717, 1.165) is 36.3 Å². The predicted octanol–water partition coefficient (Wildman–Crippen LogP) is 5.72. The van der Waals surface area contributed by atoms with Crippen LogP contribution >= 0.6 is 11.3 Å². The molecule has 0 bridgehead atoms. The quantitative estimate of drug-likeness (QED) is 0.672. The lowest BCUT2D eigenvalue weighted by atomic mass is 9.90. The number of thiophene rings is 1.